The molecule has 108 valence electrons. The molecule has 0 aliphatic rings. The Bertz CT molecular complexity index is 783. The number of fused-ring (bicyclic) bond motifs is 1. The van der Waals surface area contributed by atoms with Crippen LogP contribution in [0.3, 0.4) is 0 Å². The van der Waals surface area contributed by atoms with E-state index in [1.54, 1.807) is 24.5 Å². The zero-order valence-corrected chi connectivity index (χ0v) is 12.5. The molecular formula is C15H15ClN4O. The number of carbonyl (C=O) groups is 1. The fourth-order valence-corrected chi connectivity index (χ4v) is 2.10. The molecule has 1 aromatic carbocycles. The molecule has 3 aromatic rings. The van der Waals surface area contributed by atoms with Gasteiger partial charge in [0.25, 0.3) is 5.91 Å². The van der Waals surface area contributed by atoms with E-state index < -0.39 is 0 Å². The van der Waals surface area contributed by atoms with E-state index in [-0.39, 0.29) is 18.3 Å². The van der Waals surface area contributed by atoms with E-state index in [0.717, 1.165) is 22.5 Å². The lowest BCUT2D eigenvalue weighted by Gasteiger charge is -2.05. The Morgan fingerprint density at radius 2 is 2.10 bits per heavy atom. The zero-order valence-electron chi connectivity index (χ0n) is 11.7. The molecule has 1 N–H and O–H groups in total. The van der Waals surface area contributed by atoms with E-state index in [1.807, 2.05) is 36.7 Å². The summed E-state index contributed by atoms with van der Waals surface area (Å²) in [5.41, 5.74) is 3.17. The van der Waals surface area contributed by atoms with Gasteiger partial charge in [-0.1, -0.05) is 0 Å². The van der Waals surface area contributed by atoms with Gasteiger partial charge in [-0.05, 0) is 37.3 Å². The molecule has 0 fully saturated rings. The number of aryl methyl sites for hydroxylation is 2. The van der Waals surface area contributed by atoms with Crippen LogP contribution < -0.4 is 5.32 Å². The molecular weight excluding hydrogens is 288 g/mol. The van der Waals surface area contributed by atoms with Crippen molar-refractivity contribution in [3.8, 4) is 0 Å². The summed E-state index contributed by atoms with van der Waals surface area (Å²) in [6.45, 7) is 1.95. The highest BCUT2D eigenvalue weighted by Crippen LogP contribution is 2.19. The van der Waals surface area contributed by atoms with Gasteiger partial charge in [0.1, 0.15) is 5.82 Å². The van der Waals surface area contributed by atoms with E-state index in [0.29, 0.717) is 5.56 Å². The van der Waals surface area contributed by atoms with E-state index >= 15 is 0 Å². The number of hydrogen-bond donors (Lipinski definition) is 1. The normalized spacial score (nSPS) is 10.2. The number of nitrogens with one attached hydrogen (secondary N) is 1. The second-order valence-corrected chi connectivity index (χ2v) is 4.62. The molecule has 0 unspecified atom stereocenters. The average Bonchev–Trinajstić information content (AvgIpc) is 2.74. The van der Waals surface area contributed by atoms with Crippen molar-refractivity contribution in [2.75, 3.05) is 5.32 Å². The van der Waals surface area contributed by atoms with Crippen LogP contribution in [-0.4, -0.2) is 20.4 Å². The third kappa shape index (κ3) is 2.87. The Morgan fingerprint density at radius 3 is 2.81 bits per heavy atom. The zero-order chi connectivity index (χ0) is 14.1. The number of carbonyl (C=O) groups excluding carboxylic acids is 1. The first-order valence-electron chi connectivity index (χ1n) is 6.29. The molecule has 0 aliphatic heterocycles. The van der Waals surface area contributed by atoms with Gasteiger partial charge >= 0.3 is 0 Å². The summed E-state index contributed by atoms with van der Waals surface area (Å²) < 4.78 is 2.02. The minimum absolute atomic E-state index is 0. The van der Waals surface area contributed by atoms with Gasteiger partial charge in [0.05, 0.1) is 16.6 Å². The molecule has 0 spiro atoms. The quantitative estimate of drug-likeness (QED) is 0.792. The Labute approximate surface area is 128 Å². The van der Waals surface area contributed by atoms with Crippen LogP contribution in [0, 0.1) is 6.92 Å². The highest BCUT2D eigenvalue weighted by atomic mass is 35.5. The summed E-state index contributed by atoms with van der Waals surface area (Å²) in [4.78, 5) is 20.4. The van der Waals surface area contributed by atoms with Gasteiger partial charge in [0.15, 0.2) is 0 Å². The maximum Gasteiger partial charge on any atom is 0.257 e. The molecule has 0 saturated heterocycles. The van der Waals surface area contributed by atoms with Gasteiger partial charge in [-0.2, -0.15) is 0 Å². The molecule has 0 radical (unpaired) electrons. The van der Waals surface area contributed by atoms with E-state index in [1.165, 1.54) is 0 Å². The number of nitrogens with zero attached hydrogens (tertiary/aromatic N) is 3. The van der Waals surface area contributed by atoms with Crippen LogP contribution in [0.2, 0.25) is 0 Å². The predicted octanol–water partition coefficient (Wildman–Crippen LogP) is 2.95. The number of imidazole rings is 1. The third-order valence-electron chi connectivity index (χ3n) is 3.29. The van der Waals surface area contributed by atoms with E-state index in [2.05, 4.69) is 15.3 Å². The van der Waals surface area contributed by atoms with Crippen LogP contribution >= 0.6 is 12.4 Å². The summed E-state index contributed by atoms with van der Waals surface area (Å²) in [7, 11) is 1.97. The fourth-order valence-electron chi connectivity index (χ4n) is 2.10. The summed E-state index contributed by atoms with van der Waals surface area (Å²) in [5.74, 6) is 0.765. The van der Waals surface area contributed by atoms with Crippen LogP contribution in [-0.2, 0) is 7.05 Å². The van der Waals surface area contributed by atoms with E-state index in [9.17, 15) is 4.79 Å². The highest BCUT2D eigenvalue weighted by molar-refractivity contribution is 6.04. The van der Waals surface area contributed by atoms with Gasteiger partial charge < -0.3 is 9.88 Å². The van der Waals surface area contributed by atoms with Crippen molar-refractivity contribution in [1.29, 1.82) is 0 Å². The van der Waals surface area contributed by atoms with Crippen LogP contribution in [0.15, 0.2) is 42.7 Å². The summed E-state index contributed by atoms with van der Waals surface area (Å²) in [6, 6.07) is 9.16. The molecule has 3 rings (SSSR count). The Kier molecular flexibility index (Phi) is 4.23. The lowest BCUT2D eigenvalue weighted by molar-refractivity contribution is 0.102. The number of rotatable bonds is 2. The topological polar surface area (TPSA) is 59.8 Å². The van der Waals surface area contributed by atoms with Crippen molar-refractivity contribution in [2.24, 2.45) is 7.05 Å². The Hall–Kier alpha value is -2.40. The average molecular weight is 303 g/mol. The van der Waals surface area contributed by atoms with Crippen LogP contribution in [0.1, 0.15) is 16.2 Å². The molecule has 1 amide bonds. The van der Waals surface area contributed by atoms with Crippen LogP contribution in [0.5, 0.6) is 0 Å². The smallest absolute Gasteiger partial charge is 0.257 e. The first-order valence-corrected chi connectivity index (χ1v) is 6.29. The number of halogens is 1. The minimum Gasteiger partial charge on any atom is -0.331 e. The maximum atomic E-state index is 12.0. The third-order valence-corrected chi connectivity index (χ3v) is 3.29. The molecule has 21 heavy (non-hydrogen) atoms. The minimum atomic E-state index is -0.176. The van der Waals surface area contributed by atoms with Crippen molar-refractivity contribution in [3.05, 3.63) is 54.1 Å². The fraction of sp³-hybridized carbons (Fsp3) is 0.133. The standard InChI is InChI=1S/C15H14N4O.ClH/c1-10-17-13-8-12(5-6-14(13)19(10)2)18-15(20)11-4-3-7-16-9-11;/h3-9H,1-2H3,(H,18,20);1H. The van der Waals surface area contributed by atoms with Gasteiger partial charge in [-0.15, -0.1) is 12.4 Å². The number of hydrogen-bond acceptors (Lipinski definition) is 3. The lowest BCUT2D eigenvalue weighted by Crippen LogP contribution is -2.11. The van der Waals surface area contributed by atoms with Crippen LogP contribution in [0.4, 0.5) is 5.69 Å². The molecule has 0 saturated carbocycles. The molecule has 0 bridgehead atoms. The molecule has 0 atom stereocenters. The Balaban J connectivity index is 0.00000161. The molecule has 6 heteroatoms. The van der Waals surface area contributed by atoms with Crippen molar-refractivity contribution in [3.63, 3.8) is 0 Å². The molecule has 5 nitrogen and oxygen atoms in total. The first kappa shape index (κ1) is 15.0. The van der Waals surface area contributed by atoms with Gasteiger partial charge in [-0.3, -0.25) is 9.78 Å². The second-order valence-electron chi connectivity index (χ2n) is 4.62. The van der Waals surface area contributed by atoms with Crippen molar-refractivity contribution in [1.82, 2.24) is 14.5 Å². The maximum absolute atomic E-state index is 12.0. The molecule has 2 aromatic heterocycles. The molecule has 0 aliphatic carbocycles. The van der Waals surface area contributed by atoms with Crippen molar-refractivity contribution >= 4 is 35.0 Å². The second kappa shape index (κ2) is 5.93. The predicted molar refractivity (Wildman–Crippen MR) is 84.9 cm³/mol. The van der Waals surface area contributed by atoms with Gasteiger partial charge in [0.2, 0.25) is 0 Å². The number of benzene rings is 1. The van der Waals surface area contributed by atoms with Gasteiger partial charge in [-0.25, -0.2) is 4.98 Å². The van der Waals surface area contributed by atoms with Gasteiger partial charge in [0, 0.05) is 25.1 Å². The van der Waals surface area contributed by atoms with Crippen LogP contribution in [0.25, 0.3) is 11.0 Å². The van der Waals surface area contributed by atoms with Crippen molar-refractivity contribution < 1.29 is 4.79 Å². The number of amides is 1. The highest BCUT2D eigenvalue weighted by Gasteiger charge is 2.08. The number of aromatic nitrogens is 3. The summed E-state index contributed by atoms with van der Waals surface area (Å²) in [6.07, 6.45) is 3.18. The number of anilines is 1. The SMILES string of the molecule is Cc1nc2cc(NC(=O)c3cccnc3)ccc2n1C.Cl. The summed E-state index contributed by atoms with van der Waals surface area (Å²) in [5, 5.41) is 2.85. The largest absolute Gasteiger partial charge is 0.331 e. The van der Waals surface area contributed by atoms with E-state index in [4.69, 9.17) is 0 Å². The first-order chi connectivity index (χ1) is 9.65. The number of pyridine rings is 1. The Morgan fingerprint density at radius 1 is 1.29 bits per heavy atom. The lowest BCUT2D eigenvalue weighted by atomic mass is 10.2. The monoisotopic (exact) mass is 302 g/mol. The summed E-state index contributed by atoms with van der Waals surface area (Å²) >= 11 is 0. The molecule has 2 heterocycles. The van der Waals surface area contributed by atoms with Crippen molar-refractivity contribution in [2.45, 2.75) is 6.92 Å².